The number of rotatable bonds is 3. The van der Waals surface area contributed by atoms with Gasteiger partial charge in [0.2, 0.25) is 0 Å². The molecule has 8 heteroatoms. The number of aromatic nitrogens is 1. The third kappa shape index (κ3) is 4.01. The predicted octanol–water partition coefficient (Wildman–Crippen LogP) is 3.71. The Morgan fingerprint density at radius 1 is 1.08 bits per heavy atom. The van der Waals surface area contributed by atoms with E-state index in [1.807, 2.05) is 12.1 Å². The Morgan fingerprint density at radius 2 is 1.72 bits per heavy atom. The number of hydrogen-bond donors (Lipinski definition) is 1. The first-order chi connectivity index (χ1) is 12.0. The summed E-state index contributed by atoms with van der Waals surface area (Å²) in [6.45, 7) is 3.31. The third-order valence-electron chi connectivity index (χ3n) is 4.17. The maximum atomic E-state index is 12.7. The molecule has 0 saturated carbocycles. The molecule has 0 radical (unpaired) electrons. The number of hydrogen-bond acceptors (Lipinski definition) is 4. The third-order valence-corrected chi connectivity index (χ3v) is 5.25. The lowest BCUT2D eigenvalue weighted by Gasteiger charge is -2.35. The van der Waals surface area contributed by atoms with Crippen molar-refractivity contribution in [2.75, 3.05) is 26.2 Å². The minimum absolute atomic E-state index is 0.00840. The molecular weight excluding hydrogens is 385 g/mol. The largest absolute Gasteiger partial charge is 0.505 e. The Balaban J connectivity index is 1.68. The van der Waals surface area contributed by atoms with Gasteiger partial charge in [-0.1, -0.05) is 34.8 Å². The van der Waals surface area contributed by atoms with Gasteiger partial charge in [0.15, 0.2) is 0 Å². The predicted molar refractivity (Wildman–Crippen MR) is 98.6 cm³/mol. The molecule has 0 aliphatic carbocycles. The van der Waals surface area contributed by atoms with Crippen molar-refractivity contribution in [2.24, 2.45) is 0 Å². The first-order valence-electron chi connectivity index (χ1n) is 7.74. The van der Waals surface area contributed by atoms with Crippen LogP contribution in [0.3, 0.4) is 0 Å². The first-order valence-corrected chi connectivity index (χ1v) is 8.87. The van der Waals surface area contributed by atoms with Crippen molar-refractivity contribution in [3.8, 4) is 5.75 Å². The molecule has 3 rings (SSSR count). The van der Waals surface area contributed by atoms with E-state index < -0.39 is 0 Å². The van der Waals surface area contributed by atoms with Crippen LogP contribution in [0.4, 0.5) is 0 Å². The van der Waals surface area contributed by atoms with Gasteiger partial charge >= 0.3 is 0 Å². The quantitative estimate of drug-likeness (QED) is 0.798. The topological polar surface area (TPSA) is 56.7 Å². The highest BCUT2D eigenvalue weighted by Crippen LogP contribution is 2.39. The zero-order chi connectivity index (χ0) is 18.0. The van der Waals surface area contributed by atoms with Crippen LogP contribution in [0.5, 0.6) is 5.75 Å². The van der Waals surface area contributed by atoms with Crippen molar-refractivity contribution in [2.45, 2.75) is 6.54 Å². The highest BCUT2D eigenvalue weighted by Gasteiger charge is 2.28. The fourth-order valence-corrected chi connectivity index (χ4v) is 3.48. The van der Waals surface area contributed by atoms with E-state index in [0.717, 1.165) is 19.6 Å². The van der Waals surface area contributed by atoms with E-state index in [1.165, 1.54) is 11.6 Å². The second kappa shape index (κ2) is 7.79. The normalized spacial score (nSPS) is 15.4. The maximum Gasteiger partial charge on any atom is 0.259 e. The van der Waals surface area contributed by atoms with Crippen LogP contribution in [0.25, 0.3) is 0 Å². The number of phenols is 1. The number of nitrogens with zero attached hydrogens (tertiary/aromatic N) is 3. The molecule has 0 spiro atoms. The maximum absolute atomic E-state index is 12.7. The minimum atomic E-state index is -0.365. The highest BCUT2D eigenvalue weighted by atomic mass is 35.5. The number of piperazine rings is 1. The lowest BCUT2D eigenvalue weighted by Crippen LogP contribution is -2.48. The number of amides is 1. The van der Waals surface area contributed by atoms with Crippen LogP contribution in [-0.4, -0.2) is 52.0 Å². The average molecular weight is 401 g/mol. The molecule has 2 heterocycles. The number of benzene rings is 1. The molecule has 1 aliphatic rings. The Bertz CT molecular complexity index is 752. The summed E-state index contributed by atoms with van der Waals surface area (Å²) >= 11 is 18.0. The van der Waals surface area contributed by atoms with Crippen LogP contribution < -0.4 is 0 Å². The van der Waals surface area contributed by atoms with Gasteiger partial charge in [0.25, 0.3) is 5.91 Å². The zero-order valence-electron chi connectivity index (χ0n) is 13.3. The molecule has 0 unspecified atom stereocenters. The Labute approximate surface area is 160 Å². The number of halogens is 3. The molecule has 0 atom stereocenters. The number of carbonyl (C=O) groups excluding carboxylic acids is 1. The number of pyridine rings is 1. The SMILES string of the molecule is O=C(c1c(O)c(Cl)cc(Cl)c1Cl)N1CCN(Cc2ccncc2)CC1. The van der Waals surface area contributed by atoms with Crippen molar-refractivity contribution in [3.05, 3.63) is 56.8 Å². The number of phenolic OH excluding ortho intramolecular Hbond substituents is 1. The Hall–Kier alpha value is -1.53. The van der Waals surface area contributed by atoms with Crippen molar-refractivity contribution in [3.63, 3.8) is 0 Å². The molecule has 0 bridgehead atoms. The van der Waals surface area contributed by atoms with Crippen LogP contribution >= 0.6 is 34.8 Å². The van der Waals surface area contributed by atoms with Gasteiger partial charge in [-0.15, -0.1) is 0 Å². The lowest BCUT2D eigenvalue weighted by molar-refractivity contribution is 0.0626. The summed E-state index contributed by atoms with van der Waals surface area (Å²) < 4.78 is 0. The van der Waals surface area contributed by atoms with Gasteiger partial charge in [0.05, 0.1) is 15.1 Å². The summed E-state index contributed by atoms with van der Waals surface area (Å²) in [7, 11) is 0. The van der Waals surface area contributed by atoms with Crippen LogP contribution in [0, 0.1) is 0 Å². The monoisotopic (exact) mass is 399 g/mol. The summed E-state index contributed by atoms with van der Waals surface area (Å²) in [4.78, 5) is 20.7. The van der Waals surface area contributed by atoms with E-state index in [-0.39, 0.29) is 32.3 Å². The molecule has 1 saturated heterocycles. The second-order valence-electron chi connectivity index (χ2n) is 5.80. The molecule has 2 aromatic rings. The van der Waals surface area contributed by atoms with Gasteiger partial charge in [0.1, 0.15) is 11.3 Å². The minimum Gasteiger partial charge on any atom is -0.505 e. The molecule has 1 aromatic heterocycles. The van der Waals surface area contributed by atoms with E-state index in [2.05, 4.69) is 9.88 Å². The van der Waals surface area contributed by atoms with Crippen LogP contribution in [0.1, 0.15) is 15.9 Å². The molecule has 1 fully saturated rings. The van der Waals surface area contributed by atoms with Crippen LogP contribution in [-0.2, 0) is 6.54 Å². The van der Waals surface area contributed by atoms with Crippen molar-refractivity contribution >= 4 is 40.7 Å². The van der Waals surface area contributed by atoms with Gasteiger partial charge in [-0.25, -0.2) is 0 Å². The fourth-order valence-electron chi connectivity index (χ4n) is 2.79. The van der Waals surface area contributed by atoms with Crippen LogP contribution in [0.2, 0.25) is 15.1 Å². The van der Waals surface area contributed by atoms with Gasteiger partial charge in [-0.3, -0.25) is 14.7 Å². The Kier molecular flexibility index (Phi) is 5.69. The smallest absolute Gasteiger partial charge is 0.259 e. The van der Waals surface area contributed by atoms with Crippen molar-refractivity contribution in [1.82, 2.24) is 14.8 Å². The van der Waals surface area contributed by atoms with Crippen molar-refractivity contribution < 1.29 is 9.90 Å². The summed E-state index contributed by atoms with van der Waals surface area (Å²) in [6, 6.07) is 5.27. The standard InChI is InChI=1S/C17H16Cl3N3O2/c18-12-9-13(19)16(24)14(15(12)20)17(25)23-7-5-22(6-8-23)10-11-1-3-21-4-2-11/h1-4,9,24H,5-8,10H2. The number of carbonyl (C=O) groups is 1. The molecule has 5 nitrogen and oxygen atoms in total. The van der Waals surface area contributed by atoms with E-state index in [9.17, 15) is 9.90 Å². The van der Waals surface area contributed by atoms with E-state index in [4.69, 9.17) is 34.8 Å². The molecule has 1 N–H and O–H groups in total. The van der Waals surface area contributed by atoms with E-state index in [1.54, 1.807) is 17.3 Å². The molecule has 1 amide bonds. The summed E-state index contributed by atoms with van der Waals surface area (Å²) in [5.41, 5.74) is 1.14. The molecule has 1 aromatic carbocycles. The van der Waals surface area contributed by atoms with Gasteiger partial charge < -0.3 is 10.0 Å². The van der Waals surface area contributed by atoms with Gasteiger partial charge in [0, 0.05) is 45.1 Å². The van der Waals surface area contributed by atoms with Gasteiger partial charge in [-0.05, 0) is 23.8 Å². The molecular formula is C17H16Cl3N3O2. The molecule has 1 aliphatic heterocycles. The number of aromatic hydroxyl groups is 1. The zero-order valence-corrected chi connectivity index (χ0v) is 15.5. The van der Waals surface area contributed by atoms with E-state index >= 15 is 0 Å². The second-order valence-corrected chi connectivity index (χ2v) is 6.99. The highest BCUT2D eigenvalue weighted by molar-refractivity contribution is 6.45. The summed E-state index contributed by atoms with van der Waals surface area (Å²) in [5, 5.41) is 10.3. The van der Waals surface area contributed by atoms with E-state index in [0.29, 0.717) is 13.1 Å². The van der Waals surface area contributed by atoms with Gasteiger partial charge in [-0.2, -0.15) is 0 Å². The molecule has 25 heavy (non-hydrogen) atoms. The average Bonchev–Trinajstić information content (AvgIpc) is 2.62. The van der Waals surface area contributed by atoms with Crippen molar-refractivity contribution in [1.29, 1.82) is 0 Å². The summed E-state index contributed by atoms with van der Waals surface area (Å²) in [5.74, 6) is -0.698. The first kappa shape index (κ1) is 18.3. The van der Waals surface area contributed by atoms with Crippen LogP contribution in [0.15, 0.2) is 30.6 Å². The lowest BCUT2D eigenvalue weighted by atomic mass is 10.1. The molecule has 132 valence electrons. The fraction of sp³-hybridized carbons (Fsp3) is 0.294. The summed E-state index contributed by atoms with van der Waals surface area (Å²) in [6.07, 6.45) is 3.53. The Morgan fingerprint density at radius 3 is 2.36 bits per heavy atom.